The Morgan fingerprint density at radius 3 is 2.68 bits per heavy atom. The number of unbranched alkanes of at least 4 members (excludes halogenated alkanes) is 3. The number of nitrogens with one attached hydrogen (secondary N) is 1. The normalized spacial score (nSPS) is 15.4. The molecule has 3 N–H and O–H groups in total. The van der Waals surface area contributed by atoms with E-state index in [0.29, 0.717) is 18.5 Å². The molecule has 0 heterocycles. The fourth-order valence-electron chi connectivity index (χ4n) is 4.91. The first kappa shape index (κ1) is 26.7. The molecule has 188 valence electrons. The van der Waals surface area contributed by atoms with E-state index in [-0.39, 0.29) is 11.5 Å². The zero-order chi connectivity index (χ0) is 24.2. The second kappa shape index (κ2) is 14.4. The molecule has 0 amide bonds. The maximum absolute atomic E-state index is 10.2. The third kappa shape index (κ3) is 7.79. The number of hydrogen-bond acceptors (Lipinski definition) is 5. The van der Waals surface area contributed by atoms with Gasteiger partial charge in [0.25, 0.3) is 0 Å². The van der Waals surface area contributed by atoms with Crippen LogP contribution in [0.3, 0.4) is 0 Å². The van der Waals surface area contributed by atoms with Gasteiger partial charge in [-0.05, 0) is 75.9 Å². The molecule has 0 unspecified atom stereocenters. The van der Waals surface area contributed by atoms with Crippen LogP contribution in [0.15, 0.2) is 36.4 Å². The zero-order valence-corrected chi connectivity index (χ0v) is 21.3. The number of fused-ring (bicyclic) bond motifs is 1. The summed E-state index contributed by atoms with van der Waals surface area (Å²) in [5, 5.41) is 23.4. The highest BCUT2D eigenvalue weighted by Gasteiger charge is 2.26. The Morgan fingerprint density at radius 2 is 1.85 bits per heavy atom. The van der Waals surface area contributed by atoms with Gasteiger partial charge in [-0.1, -0.05) is 44.0 Å². The number of para-hydroxylation sites is 1. The summed E-state index contributed by atoms with van der Waals surface area (Å²) in [6, 6.07) is 12.1. The Balaban J connectivity index is 1.28. The number of alkyl halides is 1. The quantitative estimate of drug-likeness (QED) is 0.172. The van der Waals surface area contributed by atoms with E-state index in [9.17, 15) is 10.2 Å². The molecule has 0 saturated carbocycles. The van der Waals surface area contributed by atoms with Gasteiger partial charge in [0.15, 0.2) is 11.5 Å². The van der Waals surface area contributed by atoms with E-state index < -0.39 is 0 Å². The molecule has 2 aromatic carbocycles. The van der Waals surface area contributed by atoms with Crippen molar-refractivity contribution in [2.45, 2.75) is 70.2 Å². The standard InChI is InChI=1S/C28H41ClN2O3/c1-2-17-31(24-12-13-25-22(20-24)11-14-26(32)28(25)33)18-8-4-3-7-15-30-16-19-34-27-10-6-5-9-23(27)21-29/h5-6,9-11,14,24,30,32-33H,2-4,7-8,12-13,15-21H2,1H3/t24-/m0/s1. The van der Waals surface area contributed by atoms with Crippen LogP contribution >= 0.6 is 11.6 Å². The van der Waals surface area contributed by atoms with Crippen LogP contribution in [0.5, 0.6) is 17.2 Å². The molecule has 2 aromatic rings. The van der Waals surface area contributed by atoms with Crippen molar-refractivity contribution >= 4 is 11.6 Å². The summed E-state index contributed by atoms with van der Waals surface area (Å²) in [4.78, 5) is 2.64. The number of rotatable bonds is 15. The highest BCUT2D eigenvalue weighted by molar-refractivity contribution is 6.17. The van der Waals surface area contributed by atoms with E-state index in [1.54, 1.807) is 6.07 Å². The van der Waals surface area contributed by atoms with Crippen molar-refractivity contribution in [1.82, 2.24) is 10.2 Å². The number of nitrogens with zero attached hydrogens (tertiary/aromatic N) is 1. The fraction of sp³-hybridized carbons (Fsp3) is 0.571. The van der Waals surface area contributed by atoms with E-state index >= 15 is 0 Å². The average Bonchev–Trinajstić information content (AvgIpc) is 2.86. The van der Waals surface area contributed by atoms with E-state index in [2.05, 4.69) is 17.1 Å². The van der Waals surface area contributed by atoms with Crippen LogP contribution in [0.25, 0.3) is 0 Å². The summed E-state index contributed by atoms with van der Waals surface area (Å²) >= 11 is 5.95. The van der Waals surface area contributed by atoms with Crippen molar-refractivity contribution in [3.63, 3.8) is 0 Å². The Kier molecular flexibility index (Phi) is 11.3. The number of phenols is 2. The lowest BCUT2D eigenvalue weighted by Crippen LogP contribution is -2.40. The minimum Gasteiger partial charge on any atom is -0.504 e. The van der Waals surface area contributed by atoms with Crippen LogP contribution in [0.1, 0.15) is 62.1 Å². The predicted molar refractivity (Wildman–Crippen MR) is 140 cm³/mol. The summed E-state index contributed by atoms with van der Waals surface area (Å²) in [6.45, 7) is 7.03. The molecule has 1 aliphatic rings. The van der Waals surface area contributed by atoms with Gasteiger partial charge in [0.2, 0.25) is 0 Å². The molecule has 34 heavy (non-hydrogen) atoms. The van der Waals surface area contributed by atoms with Gasteiger partial charge in [-0.15, -0.1) is 11.6 Å². The Hall–Kier alpha value is -1.95. The first-order chi connectivity index (χ1) is 16.6. The van der Waals surface area contributed by atoms with Crippen molar-refractivity contribution in [3.8, 4) is 17.2 Å². The average molecular weight is 489 g/mol. The molecule has 3 rings (SSSR count). The van der Waals surface area contributed by atoms with Crippen molar-refractivity contribution in [2.75, 3.05) is 32.8 Å². The lowest BCUT2D eigenvalue weighted by Gasteiger charge is -2.35. The van der Waals surface area contributed by atoms with Crippen LogP contribution < -0.4 is 10.1 Å². The molecule has 0 fully saturated rings. The summed E-state index contributed by atoms with van der Waals surface area (Å²) in [6.07, 6.45) is 8.91. The van der Waals surface area contributed by atoms with Gasteiger partial charge in [0.1, 0.15) is 12.4 Å². The minimum absolute atomic E-state index is 0.00119. The lowest BCUT2D eigenvalue weighted by molar-refractivity contribution is 0.175. The van der Waals surface area contributed by atoms with E-state index in [0.717, 1.165) is 68.7 Å². The van der Waals surface area contributed by atoms with E-state index in [4.69, 9.17) is 16.3 Å². The molecule has 0 spiro atoms. The van der Waals surface area contributed by atoms with Crippen LogP contribution in [0.2, 0.25) is 0 Å². The van der Waals surface area contributed by atoms with Crippen LogP contribution in [0.4, 0.5) is 0 Å². The molecule has 6 heteroatoms. The number of phenolic OH excluding ortho intramolecular Hbond substituents is 2. The van der Waals surface area contributed by atoms with Gasteiger partial charge in [-0.25, -0.2) is 0 Å². The molecule has 0 aromatic heterocycles. The van der Waals surface area contributed by atoms with Crippen molar-refractivity contribution in [3.05, 3.63) is 53.1 Å². The molecule has 1 aliphatic carbocycles. The van der Waals surface area contributed by atoms with Crippen molar-refractivity contribution < 1.29 is 14.9 Å². The van der Waals surface area contributed by atoms with E-state index in [1.165, 1.54) is 31.2 Å². The minimum atomic E-state index is 0.00119. The van der Waals surface area contributed by atoms with Gasteiger partial charge in [-0.2, -0.15) is 0 Å². The Morgan fingerprint density at radius 1 is 1.03 bits per heavy atom. The molecule has 5 nitrogen and oxygen atoms in total. The zero-order valence-electron chi connectivity index (χ0n) is 20.6. The molecule has 0 aliphatic heterocycles. The maximum Gasteiger partial charge on any atom is 0.160 e. The first-order valence-corrected chi connectivity index (χ1v) is 13.4. The number of ether oxygens (including phenoxy) is 1. The SMILES string of the molecule is CCCN(CCCCCCNCCOc1ccccc1CCl)[C@H]1CCc2c(ccc(O)c2O)C1. The maximum atomic E-state index is 10.2. The largest absolute Gasteiger partial charge is 0.504 e. The monoisotopic (exact) mass is 488 g/mol. The molecule has 0 saturated heterocycles. The lowest BCUT2D eigenvalue weighted by atomic mass is 9.86. The van der Waals surface area contributed by atoms with Crippen LogP contribution in [-0.4, -0.2) is 53.9 Å². The summed E-state index contributed by atoms with van der Waals surface area (Å²) in [5.41, 5.74) is 3.17. The number of halogens is 1. The Labute approximate surface area is 210 Å². The summed E-state index contributed by atoms with van der Waals surface area (Å²) in [5.74, 6) is 1.44. The molecule has 1 atom stereocenters. The van der Waals surface area contributed by atoms with Crippen LogP contribution in [-0.2, 0) is 18.7 Å². The van der Waals surface area contributed by atoms with Gasteiger partial charge < -0.3 is 25.2 Å². The predicted octanol–water partition coefficient (Wildman–Crippen LogP) is 5.63. The highest BCUT2D eigenvalue weighted by atomic mass is 35.5. The highest BCUT2D eigenvalue weighted by Crippen LogP contribution is 2.36. The number of aromatic hydroxyl groups is 2. The smallest absolute Gasteiger partial charge is 0.160 e. The van der Waals surface area contributed by atoms with Crippen molar-refractivity contribution in [2.24, 2.45) is 0 Å². The van der Waals surface area contributed by atoms with Gasteiger partial charge in [0, 0.05) is 23.7 Å². The topological polar surface area (TPSA) is 65.0 Å². The summed E-state index contributed by atoms with van der Waals surface area (Å²) < 4.78 is 5.84. The molecular weight excluding hydrogens is 448 g/mol. The van der Waals surface area contributed by atoms with Gasteiger partial charge >= 0.3 is 0 Å². The van der Waals surface area contributed by atoms with E-state index in [1.807, 2.05) is 30.3 Å². The Bertz CT molecular complexity index is 877. The van der Waals surface area contributed by atoms with Gasteiger partial charge in [-0.3, -0.25) is 0 Å². The molecular formula is C28H41ClN2O3. The third-order valence-electron chi connectivity index (χ3n) is 6.77. The molecule has 0 bridgehead atoms. The fourth-order valence-corrected chi connectivity index (χ4v) is 5.13. The van der Waals surface area contributed by atoms with Crippen molar-refractivity contribution in [1.29, 1.82) is 0 Å². The first-order valence-electron chi connectivity index (χ1n) is 12.9. The number of benzene rings is 2. The second-order valence-corrected chi connectivity index (χ2v) is 9.52. The third-order valence-corrected chi connectivity index (χ3v) is 7.06. The molecule has 0 radical (unpaired) electrons. The van der Waals surface area contributed by atoms with Gasteiger partial charge in [0.05, 0.1) is 5.88 Å². The summed E-state index contributed by atoms with van der Waals surface area (Å²) in [7, 11) is 0. The number of hydrogen-bond donors (Lipinski definition) is 3. The second-order valence-electron chi connectivity index (χ2n) is 9.26. The van der Waals surface area contributed by atoms with Crippen LogP contribution in [0, 0.1) is 0 Å².